The summed E-state index contributed by atoms with van der Waals surface area (Å²) in [6.07, 6.45) is 2.41. The Bertz CT molecular complexity index is 291. The predicted octanol–water partition coefficient (Wildman–Crippen LogP) is 0.751. The van der Waals surface area contributed by atoms with E-state index in [9.17, 15) is 8.42 Å². The molecule has 0 bridgehead atoms. The molecule has 1 fully saturated rings. The van der Waals surface area contributed by atoms with Crippen LogP contribution in [0.5, 0.6) is 0 Å². The maximum Gasteiger partial charge on any atom is 0.211 e. The largest absolute Gasteiger partial charge is 0.295 e. The average Bonchev–Trinajstić information content (AvgIpc) is 2.09. The molecule has 1 rings (SSSR count). The van der Waals surface area contributed by atoms with Crippen LogP contribution in [0.2, 0.25) is 0 Å². The van der Waals surface area contributed by atoms with Crippen molar-refractivity contribution in [1.29, 1.82) is 0 Å². The lowest BCUT2D eigenvalue weighted by molar-refractivity contribution is 0.0777. The Kier molecular flexibility index (Phi) is 4.14. The lowest BCUT2D eigenvalue weighted by Gasteiger charge is -2.43. The molecule has 0 saturated carbocycles. The highest BCUT2D eigenvalue weighted by molar-refractivity contribution is 7.88. The molecule has 0 unspecified atom stereocenters. The average molecular weight is 234 g/mol. The highest BCUT2D eigenvalue weighted by Crippen LogP contribution is 2.17. The van der Waals surface area contributed by atoms with Crippen molar-refractivity contribution in [1.82, 2.24) is 9.21 Å². The number of hydrogen-bond acceptors (Lipinski definition) is 3. The summed E-state index contributed by atoms with van der Waals surface area (Å²) in [6.45, 7) is 8.67. The number of sulfonamides is 1. The molecule has 0 aromatic rings. The van der Waals surface area contributed by atoms with Gasteiger partial charge in [0, 0.05) is 25.2 Å². The van der Waals surface area contributed by atoms with Crippen molar-refractivity contribution < 1.29 is 8.42 Å². The van der Waals surface area contributed by atoms with Gasteiger partial charge in [0.05, 0.1) is 6.26 Å². The summed E-state index contributed by atoms with van der Waals surface area (Å²) < 4.78 is 24.5. The molecule has 0 N–H and O–H groups in total. The minimum Gasteiger partial charge on any atom is -0.295 e. The van der Waals surface area contributed by atoms with Gasteiger partial charge in [0.2, 0.25) is 10.0 Å². The van der Waals surface area contributed by atoms with Crippen LogP contribution in [-0.4, -0.2) is 55.6 Å². The molecule has 0 amide bonds. The molecule has 1 heterocycles. The van der Waals surface area contributed by atoms with Gasteiger partial charge in [-0.2, -0.15) is 4.31 Å². The molecule has 0 spiro atoms. The molecule has 2 atom stereocenters. The van der Waals surface area contributed by atoms with E-state index < -0.39 is 10.0 Å². The standard InChI is InChI=1S/C10H22N2O2S/c1-5-6-12-9(2)7-11(8-10(12)3)15(4,13)14/h9-10H,5-8H2,1-4H3/t9-,10+. The smallest absolute Gasteiger partial charge is 0.211 e. The first kappa shape index (κ1) is 12.9. The van der Waals surface area contributed by atoms with E-state index in [0.717, 1.165) is 13.0 Å². The van der Waals surface area contributed by atoms with E-state index in [0.29, 0.717) is 25.2 Å². The first-order valence-corrected chi connectivity index (χ1v) is 7.42. The SMILES string of the molecule is CCCN1[C@H](C)CN(S(C)(=O)=O)C[C@@H]1C. The summed E-state index contributed by atoms with van der Waals surface area (Å²) in [4.78, 5) is 2.39. The Morgan fingerprint density at radius 2 is 1.67 bits per heavy atom. The Morgan fingerprint density at radius 1 is 1.20 bits per heavy atom. The molecule has 4 nitrogen and oxygen atoms in total. The summed E-state index contributed by atoms with van der Waals surface area (Å²) in [7, 11) is -3.02. The lowest BCUT2D eigenvalue weighted by Crippen LogP contribution is -2.57. The zero-order valence-electron chi connectivity index (χ0n) is 10.1. The fourth-order valence-electron chi connectivity index (χ4n) is 2.28. The van der Waals surface area contributed by atoms with Crippen molar-refractivity contribution in [2.75, 3.05) is 25.9 Å². The predicted molar refractivity (Wildman–Crippen MR) is 62.3 cm³/mol. The van der Waals surface area contributed by atoms with Crippen molar-refractivity contribution >= 4 is 10.0 Å². The number of piperazine rings is 1. The summed E-state index contributed by atoms with van der Waals surface area (Å²) in [5, 5.41) is 0. The molecule has 15 heavy (non-hydrogen) atoms. The van der Waals surface area contributed by atoms with Gasteiger partial charge in [-0.25, -0.2) is 8.42 Å². The van der Waals surface area contributed by atoms with Crippen LogP contribution in [0.3, 0.4) is 0 Å². The monoisotopic (exact) mass is 234 g/mol. The number of hydrogen-bond donors (Lipinski definition) is 0. The van der Waals surface area contributed by atoms with E-state index >= 15 is 0 Å². The van der Waals surface area contributed by atoms with Gasteiger partial charge in [-0.15, -0.1) is 0 Å². The highest BCUT2D eigenvalue weighted by atomic mass is 32.2. The van der Waals surface area contributed by atoms with Gasteiger partial charge in [-0.1, -0.05) is 6.92 Å². The van der Waals surface area contributed by atoms with Crippen molar-refractivity contribution in [3.8, 4) is 0 Å². The molecule has 0 aliphatic carbocycles. The first-order chi connectivity index (χ1) is 6.86. The van der Waals surface area contributed by atoms with Crippen LogP contribution in [0.4, 0.5) is 0 Å². The van der Waals surface area contributed by atoms with Crippen molar-refractivity contribution in [3.05, 3.63) is 0 Å². The Balaban J connectivity index is 2.71. The maximum atomic E-state index is 11.4. The third-order valence-corrected chi connectivity index (χ3v) is 4.26. The number of nitrogens with zero attached hydrogens (tertiary/aromatic N) is 2. The topological polar surface area (TPSA) is 40.6 Å². The molecular weight excluding hydrogens is 212 g/mol. The molecule has 0 aromatic heterocycles. The summed E-state index contributed by atoms with van der Waals surface area (Å²) in [5.41, 5.74) is 0. The van der Waals surface area contributed by atoms with Gasteiger partial charge in [-0.05, 0) is 26.8 Å². The first-order valence-electron chi connectivity index (χ1n) is 5.57. The van der Waals surface area contributed by atoms with Gasteiger partial charge >= 0.3 is 0 Å². The minimum atomic E-state index is -3.02. The van der Waals surface area contributed by atoms with Crippen LogP contribution < -0.4 is 0 Å². The Labute approximate surface area is 93.3 Å². The number of rotatable bonds is 3. The summed E-state index contributed by atoms with van der Waals surface area (Å²) in [6, 6.07) is 0.645. The molecule has 0 radical (unpaired) electrons. The Hall–Kier alpha value is -0.130. The Morgan fingerprint density at radius 3 is 2.00 bits per heavy atom. The molecule has 1 aliphatic rings. The van der Waals surface area contributed by atoms with Crippen molar-refractivity contribution in [2.24, 2.45) is 0 Å². The second kappa shape index (κ2) is 4.80. The van der Waals surface area contributed by atoms with Crippen molar-refractivity contribution in [2.45, 2.75) is 39.3 Å². The van der Waals surface area contributed by atoms with E-state index in [-0.39, 0.29) is 0 Å². The molecule has 0 aromatic carbocycles. The van der Waals surface area contributed by atoms with E-state index in [2.05, 4.69) is 25.7 Å². The second-order valence-corrected chi connectivity index (χ2v) is 6.50. The van der Waals surface area contributed by atoms with Crippen LogP contribution >= 0.6 is 0 Å². The third-order valence-electron chi connectivity index (χ3n) is 3.02. The van der Waals surface area contributed by atoms with E-state index in [4.69, 9.17) is 0 Å². The second-order valence-electron chi connectivity index (χ2n) is 4.52. The third kappa shape index (κ3) is 3.16. The molecule has 5 heteroatoms. The molecule has 90 valence electrons. The van der Waals surface area contributed by atoms with Crippen LogP contribution in [0.1, 0.15) is 27.2 Å². The van der Waals surface area contributed by atoms with Gasteiger partial charge in [0.1, 0.15) is 0 Å². The van der Waals surface area contributed by atoms with Crippen LogP contribution in [0, 0.1) is 0 Å². The van der Waals surface area contributed by atoms with Gasteiger partial charge in [-0.3, -0.25) is 4.90 Å². The van der Waals surface area contributed by atoms with E-state index in [1.165, 1.54) is 6.26 Å². The summed E-state index contributed by atoms with van der Waals surface area (Å²) >= 11 is 0. The van der Waals surface area contributed by atoms with Crippen LogP contribution in [-0.2, 0) is 10.0 Å². The van der Waals surface area contributed by atoms with Gasteiger partial charge in [0.15, 0.2) is 0 Å². The van der Waals surface area contributed by atoms with E-state index in [1.54, 1.807) is 4.31 Å². The van der Waals surface area contributed by atoms with Gasteiger partial charge in [0.25, 0.3) is 0 Å². The maximum absolute atomic E-state index is 11.4. The minimum absolute atomic E-state index is 0.323. The highest BCUT2D eigenvalue weighted by Gasteiger charge is 2.32. The molecule has 1 saturated heterocycles. The normalized spacial score (nSPS) is 30.7. The zero-order chi connectivity index (χ0) is 11.6. The van der Waals surface area contributed by atoms with E-state index in [1.807, 2.05) is 0 Å². The van der Waals surface area contributed by atoms with Crippen LogP contribution in [0.25, 0.3) is 0 Å². The van der Waals surface area contributed by atoms with Gasteiger partial charge < -0.3 is 0 Å². The van der Waals surface area contributed by atoms with Crippen LogP contribution in [0.15, 0.2) is 0 Å². The fourth-order valence-corrected chi connectivity index (χ4v) is 3.25. The molecule has 1 aliphatic heterocycles. The van der Waals surface area contributed by atoms with Crippen molar-refractivity contribution in [3.63, 3.8) is 0 Å². The quantitative estimate of drug-likeness (QED) is 0.723. The fraction of sp³-hybridized carbons (Fsp3) is 1.00. The zero-order valence-corrected chi connectivity index (χ0v) is 10.9. The summed E-state index contributed by atoms with van der Waals surface area (Å²) in [5.74, 6) is 0. The molecular formula is C10H22N2O2S. The lowest BCUT2D eigenvalue weighted by atomic mass is 10.1.